The number of likely N-dealkylation sites (tertiary alicyclic amines) is 1. The molecule has 0 N–H and O–H groups in total. The first-order valence-electron chi connectivity index (χ1n) is 8.54. The summed E-state index contributed by atoms with van der Waals surface area (Å²) in [5.74, 6) is 0.101. The van der Waals surface area contributed by atoms with Crippen LogP contribution in [0.2, 0.25) is 0 Å². The van der Waals surface area contributed by atoms with Crippen LogP contribution in [0.5, 0.6) is 0 Å². The molecule has 5 heteroatoms. The van der Waals surface area contributed by atoms with Gasteiger partial charge in [-0.15, -0.1) is 5.10 Å². The van der Waals surface area contributed by atoms with Crippen molar-refractivity contribution in [2.75, 3.05) is 13.1 Å². The molecule has 3 aromatic rings. The third-order valence-corrected chi connectivity index (χ3v) is 4.78. The van der Waals surface area contributed by atoms with Gasteiger partial charge in [0.1, 0.15) is 5.69 Å². The first-order chi connectivity index (χ1) is 12.2. The summed E-state index contributed by atoms with van der Waals surface area (Å²) in [6.07, 6.45) is 2.87. The quantitative estimate of drug-likeness (QED) is 0.739. The van der Waals surface area contributed by atoms with Crippen molar-refractivity contribution >= 4 is 5.91 Å². The SMILES string of the molecule is Cc1ccccc1C(=O)N1CCC(n2cc(-c3ccccc3)nn2)C1. The fourth-order valence-corrected chi connectivity index (χ4v) is 3.32. The highest BCUT2D eigenvalue weighted by atomic mass is 16.2. The molecule has 0 saturated carbocycles. The minimum atomic E-state index is 0.101. The highest BCUT2D eigenvalue weighted by molar-refractivity contribution is 5.95. The van der Waals surface area contributed by atoms with Crippen molar-refractivity contribution in [3.63, 3.8) is 0 Å². The molecule has 1 aromatic heterocycles. The Hall–Kier alpha value is -2.95. The Labute approximate surface area is 146 Å². The smallest absolute Gasteiger partial charge is 0.254 e. The lowest BCUT2D eigenvalue weighted by molar-refractivity contribution is 0.0786. The number of nitrogens with zero attached hydrogens (tertiary/aromatic N) is 4. The molecule has 1 aliphatic rings. The fraction of sp³-hybridized carbons (Fsp3) is 0.250. The highest BCUT2D eigenvalue weighted by Crippen LogP contribution is 2.25. The minimum absolute atomic E-state index is 0.101. The van der Waals surface area contributed by atoms with Crippen molar-refractivity contribution < 1.29 is 4.79 Å². The summed E-state index contributed by atoms with van der Waals surface area (Å²) >= 11 is 0. The third-order valence-electron chi connectivity index (χ3n) is 4.78. The second-order valence-electron chi connectivity index (χ2n) is 6.46. The molecule has 0 aliphatic carbocycles. The molecule has 4 rings (SSSR count). The largest absolute Gasteiger partial charge is 0.336 e. The summed E-state index contributed by atoms with van der Waals surface area (Å²) in [6.45, 7) is 3.40. The highest BCUT2D eigenvalue weighted by Gasteiger charge is 2.29. The number of hydrogen-bond donors (Lipinski definition) is 0. The van der Waals surface area contributed by atoms with Crippen LogP contribution < -0.4 is 0 Å². The van der Waals surface area contributed by atoms with E-state index in [0.29, 0.717) is 6.54 Å². The summed E-state index contributed by atoms with van der Waals surface area (Å²) < 4.78 is 1.90. The topological polar surface area (TPSA) is 51.0 Å². The molecule has 1 atom stereocenters. The first-order valence-corrected chi connectivity index (χ1v) is 8.54. The number of hydrogen-bond acceptors (Lipinski definition) is 3. The number of aromatic nitrogens is 3. The molecule has 0 radical (unpaired) electrons. The number of benzene rings is 2. The van der Waals surface area contributed by atoms with E-state index in [2.05, 4.69) is 10.3 Å². The van der Waals surface area contributed by atoms with E-state index in [1.54, 1.807) is 0 Å². The maximum Gasteiger partial charge on any atom is 0.254 e. The van der Waals surface area contributed by atoms with E-state index in [9.17, 15) is 4.79 Å². The lowest BCUT2D eigenvalue weighted by Crippen LogP contribution is -2.29. The molecule has 1 aliphatic heterocycles. The maximum atomic E-state index is 12.8. The van der Waals surface area contributed by atoms with Gasteiger partial charge in [-0.05, 0) is 25.0 Å². The van der Waals surface area contributed by atoms with Gasteiger partial charge in [0, 0.05) is 24.2 Å². The van der Waals surface area contributed by atoms with Gasteiger partial charge >= 0.3 is 0 Å². The van der Waals surface area contributed by atoms with Crippen LogP contribution in [0.3, 0.4) is 0 Å². The van der Waals surface area contributed by atoms with E-state index in [1.165, 1.54) is 0 Å². The zero-order chi connectivity index (χ0) is 17.2. The molecule has 0 spiro atoms. The van der Waals surface area contributed by atoms with Gasteiger partial charge in [-0.1, -0.05) is 53.7 Å². The van der Waals surface area contributed by atoms with Gasteiger partial charge in [0.05, 0.1) is 12.2 Å². The van der Waals surface area contributed by atoms with Crippen LogP contribution in [0.25, 0.3) is 11.3 Å². The van der Waals surface area contributed by atoms with Crippen LogP contribution in [0, 0.1) is 6.92 Å². The molecule has 25 heavy (non-hydrogen) atoms. The number of carbonyl (C=O) groups is 1. The summed E-state index contributed by atoms with van der Waals surface area (Å²) in [5, 5.41) is 8.57. The fourth-order valence-electron chi connectivity index (χ4n) is 3.32. The molecule has 1 saturated heterocycles. The Balaban J connectivity index is 1.49. The van der Waals surface area contributed by atoms with Crippen molar-refractivity contribution in [2.24, 2.45) is 0 Å². The van der Waals surface area contributed by atoms with Gasteiger partial charge in [-0.25, -0.2) is 4.68 Å². The predicted octanol–water partition coefficient (Wildman–Crippen LogP) is 3.34. The number of carbonyl (C=O) groups excluding carboxylic acids is 1. The lowest BCUT2D eigenvalue weighted by atomic mass is 10.1. The van der Waals surface area contributed by atoms with Crippen molar-refractivity contribution in [1.29, 1.82) is 0 Å². The molecule has 1 unspecified atom stereocenters. The number of amides is 1. The van der Waals surface area contributed by atoms with Crippen molar-refractivity contribution in [3.05, 3.63) is 71.9 Å². The molecule has 2 aromatic carbocycles. The molecular formula is C20H20N4O. The Kier molecular flexibility index (Phi) is 4.06. The van der Waals surface area contributed by atoms with Crippen LogP contribution in [0.4, 0.5) is 0 Å². The molecular weight excluding hydrogens is 312 g/mol. The van der Waals surface area contributed by atoms with Gasteiger partial charge in [0.2, 0.25) is 0 Å². The Morgan fingerprint density at radius 1 is 1.08 bits per heavy atom. The molecule has 126 valence electrons. The standard InChI is InChI=1S/C20H20N4O/c1-15-7-5-6-10-18(15)20(25)23-12-11-17(13-23)24-14-19(21-22-24)16-8-3-2-4-9-16/h2-10,14,17H,11-13H2,1H3. The molecule has 1 fully saturated rings. The van der Waals surface area contributed by atoms with Gasteiger partial charge in [-0.2, -0.15) is 0 Å². The van der Waals surface area contributed by atoms with E-state index in [0.717, 1.165) is 35.3 Å². The number of rotatable bonds is 3. The summed E-state index contributed by atoms with van der Waals surface area (Å²) in [4.78, 5) is 14.7. The van der Waals surface area contributed by atoms with Crippen molar-refractivity contribution in [1.82, 2.24) is 19.9 Å². The minimum Gasteiger partial charge on any atom is -0.336 e. The van der Waals surface area contributed by atoms with E-state index in [1.807, 2.05) is 77.3 Å². The Morgan fingerprint density at radius 2 is 1.84 bits per heavy atom. The van der Waals surface area contributed by atoms with Crippen LogP contribution in [0.1, 0.15) is 28.4 Å². The second kappa shape index (κ2) is 6.51. The van der Waals surface area contributed by atoms with E-state index >= 15 is 0 Å². The zero-order valence-corrected chi connectivity index (χ0v) is 14.2. The van der Waals surface area contributed by atoms with Gasteiger partial charge in [0.25, 0.3) is 5.91 Å². The predicted molar refractivity (Wildman–Crippen MR) is 96.2 cm³/mol. The zero-order valence-electron chi connectivity index (χ0n) is 14.2. The van der Waals surface area contributed by atoms with Crippen molar-refractivity contribution in [2.45, 2.75) is 19.4 Å². The number of aryl methyl sites for hydroxylation is 1. The lowest BCUT2D eigenvalue weighted by Gasteiger charge is -2.17. The van der Waals surface area contributed by atoms with E-state index < -0.39 is 0 Å². The van der Waals surface area contributed by atoms with Crippen LogP contribution in [-0.2, 0) is 0 Å². The third kappa shape index (κ3) is 3.05. The van der Waals surface area contributed by atoms with E-state index in [4.69, 9.17) is 0 Å². The normalized spacial score (nSPS) is 17.0. The molecule has 0 bridgehead atoms. The summed E-state index contributed by atoms with van der Waals surface area (Å²) in [7, 11) is 0. The molecule has 1 amide bonds. The van der Waals surface area contributed by atoms with Crippen LogP contribution in [0.15, 0.2) is 60.8 Å². The van der Waals surface area contributed by atoms with Crippen molar-refractivity contribution in [3.8, 4) is 11.3 Å². The monoisotopic (exact) mass is 332 g/mol. The van der Waals surface area contributed by atoms with Gasteiger partial charge in [0.15, 0.2) is 0 Å². The van der Waals surface area contributed by atoms with E-state index in [-0.39, 0.29) is 11.9 Å². The summed E-state index contributed by atoms with van der Waals surface area (Å²) in [5.41, 5.74) is 3.72. The maximum absolute atomic E-state index is 12.8. The molecule has 2 heterocycles. The second-order valence-corrected chi connectivity index (χ2v) is 6.46. The van der Waals surface area contributed by atoms with Gasteiger partial charge < -0.3 is 4.90 Å². The average molecular weight is 332 g/mol. The van der Waals surface area contributed by atoms with Gasteiger partial charge in [-0.3, -0.25) is 4.79 Å². The summed E-state index contributed by atoms with van der Waals surface area (Å²) in [6, 6.07) is 17.9. The van der Waals surface area contributed by atoms with Crippen LogP contribution >= 0.6 is 0 Å². The van der Waals surface area contributed by atoms with Crippen LogP contribution in [-0.4, -0.2) is 38.9 Å². The average Bonchev–Trinajstić information content (AvgIpc) is 3.32. The first kappa shape index (κ1) is 15.6. The molecule has 5 nitrogen and oxygen atoms in total. The Bertz CT molecular complexity index is 887. The Morgan fingerprint density at radius 3 is 2.64 bits per heavy atom.